The van der Waals surface area contributed by atoms with Crippen molar-refractivity contribution < 1.29 is 26.0 Å². The number of nitrogens with zero attached hydrogens (tertiary/aromatic N) is 1. The van der Waals surface area contributed by atoms with Gasteiger partial charge in [-0.05, 0) is 48.5 Å². The van der Waals surface area contributed by atoms with Crippen LogP contribution < -0.4 is 9.03 Å². The molecule has 0 spiro atoms. The zero-order valence-electron chi connectivity index (χ0n) is 13.6. The van der Waals surface area contributed by atoms with E-state index in [-0.39, 0.29) is 22.0 Å². The van der Waals surface area contributed by atoms with E-state index in [0.29, 0.717) is 4.31 Å². The highest BCUT2D eigenvalue weighted by atomic mass is 32.2. The first kappa shape index (κ1) is 18.3. The molecule has 1 fully saturated rings. The molecule has 1 atom stereocenters. The summed E-state index contributed by atoms with van der Waals surface area (Å²) in [6.07, 6.45) is 0. The summed E-state index contributed by atoms with van der Waals surface area (Å²) in [6.45, 7) is 1.52. The van der Waals surface area contributed by atoms with Crippen molar-refractivity contribution in [1.82, 2.24) is 0 Å². The lowest BCUT2D eigenvalue weighted by molar-refractivity contribution is -0.119. The first-order valence-corrected chi connectivity index (χ1v) is 10.6. The van der Waals surface area contributed by atoms with Gasteiger partial charge in [0.05, 0.1) is 22.3 Å². The molecule has 7 nitrogen and oxygen atoms in total. The van der Waals surface area contributed by atoms with E-state index in [4.69, 9.17) is 0 Å². The lowest BCUT2D eigenvalue weighted by Gasteiger charge is -2.16. The van der Waals surface area contributed by atoms with Gasteiger partial charge in [0.1, 0.15) is 5.82 Å². The monoisotopic (exact) mass is 398 g/mol. The number of carbonyl (C=O) groups is 1. The van der Waals surface area contributed by atoms with Gasteiger partial charge in [-0.25, -0.2) is 25.5 Å². The van der Waals surface area contributed by atoms with E-state index in [9.17, 15) is 26.0 Å². The number of hydrogen-bond donors (Lipinski definition) is 1. The van der Waals surface area contributed by atoms with Crippen LogP contribution in [0.25, 0.3) is 0 Å². The van der Waals surface area contributed by atoms with Gasteiger partial charge in [0, 0.05) is 5.69 Å². The minimum atomic E-state index is -3.94. The van der Waals surface area contributed by atoms with Crippen LogP contribution in [0.2, 0.25) is 0 Å². The molecule has 1 aliphatic rings. The Bertz CT molecular complexity index is 1050. The topological polar surface area (TPSA) is 101 Å². The average Bonchev–Trinajstić information content (AvgIpc) is 2.77. The summed E-state index contributed by atoms with van der Waals surface area (Å²) < 4.78 is 64.8. The first-order chi connectivity index (χ1) is 12.1. The van der Waals surface area contributed by atoms with Crippen LogP contribution in [0.5, 0.6) is 0 Å². The molecule has 1 N–H and O–H groups in total. The van der Waals surface area contributed by atoms with Gasteiger partial charge in [0.2, 0.25) is 15.9 Å². The fourth-order valence-electron chi connectivity index (χ4n) is 2.58. The predicted molar refractivity (Wildman–Crippen MR) is 94.1 cm³/mol. The third-order valence-corrected chi connectivity index (χ3v) is 7.10. The molecule has 1 saturated heterocycles. The van der Waals surface area contributed by atoms with Crippen LogP contribution in [0.15, 0.2) is 53.4 Å². The Morgan fingerprint density at radius 2 is 1.65 bits per heavy atom. The molecule has 10 heteroatoms. The molecule has 1 unspecified atom stereocenters. The highest BCUT2D eigenvalue weighted by molar-refractivity contribution is 7.94. The fourth-order valence-corrected chi connectivity index (χ4v) is 5.46. The summed E-state index contributed by atoms with van der Waals surface area (Å²) in [7, 11) is -7.70. The van der Waals surface area contributed by atoms with Crippen LogP contribution in [0.3, 0.4) is 0 Å². The van der Waals surface area contributed by atoms with Crippen molar-refractivity contribution in [2.45, 2.75) is 11.8 Å². The predicted octanol–water partition coefficient (Wildman–Crippen LogP) is 1.94. The minimum absolute atomic E-state index is 0.0834. The molecule has 0 aromatic heterocycles. The van der Waals surface area contributed by atoms with Crippen molar-refractivity contribution in [2.24, 2.45) is 5.92 Å². The molecule has 1 heterocycles. The second kappa shape index (κ2) is 6.36. The van der Waals surface area contributed by atoms with Crippen molar-refractivity contribution in [1.29, 1.82) is 0 Å². The summed E-state index contributed by atoms with van der Waals surface area (Å²) in [4.78, 5) is 11.9. The Labute approximate surface area is 150 Å². The van der Waals surface area contributed by atoms with E-state index < -0.39 is 37.7 Å². The summed E-state index contributed by atoms with van der Waals surface area (Å²) in [5.41, 5.74) is 0.265. The van der Waals surface area contributed by atoms with Crippen molar-refractivity contribution >= 4 is 37.3 Å². The fraction of sp³-hybridized carbons (Fsp3) is 0.188. The van der Waals surface area contributed by atoms with Crippen LogP contribution >= 0.6 is 0 Å². The van der Waals surface area contributed by atoms with Crippen molar-refractivity contribution in [2.75, 3.05) is 14.8 Å². The van der Waals surface area contributed by atoms with Gasteiger partial charge in [0.15, 0.2) is 0 Å². The van der Waals surface area contributed by atoms with Crippen LogP contribution in [-0.4, -0.2) is 28.5 Å². The molecule has 0 radical (unpaired) electrons. The normalized spacial score (nSPS) is 19.5. The summed E-state index contributed by atoms with van der Waals surface area (Å²) >= 11 is 0. The third-order valence-electron chi connectivity index (χ3n) is 3.84. The maximum atomic E-state index is 12.9. The van der Waals surface area contributed by atoms with E-state index in [1.54, 1.807) is 0 Å². The quantitative estimate of drug-likeness (QED) is 0.848. The summed E-state index contributed by atoms with van der Waals surface area (Å²) in [6, 6.07) is 9.70. The van der Waals surface area contributed by atoms with Crippen LogP contribution in [-0.2, 0) is 24.8 Å². The van der Waals surface area contributed by atoms with Gasteiger partial charge in [-0.1, -0.05) is 6.92 Å². The Morgan fingerprint density at radius 3 is 2.15 bits per heavy atom. The number of halogens is 1. The Morgan fingerprint density at radius 1 is 1.08 bits per heavy atom. The number of amides is 1. The number of sulfonamides is 2. The maximum Gasteiger partial charge on any atom is 0.261 e. The number of carbonyl (C=O) groups excluding carboxylic acids is 1. The maximum absolute atomic E-state index is 12.9. The molecule has 2 aromatic carbocycles. The Hall–Kier alpha value is -2.46. The number of nitrogens with one attached hydrogen (secondary N) is 1. The van der Waals surface area contributed by atoms with E-state index in [2.05, 4.69) is 4.72 Å². The van der Waals surface area contributed by atoms with E-state index in [0.717, 1.165) is 12.1 Å². The van der Waals surface area contributed by atoms with E-state index in [1.165, 1.54) is 43.3 Å². The van der Waals surface area contributed by atoms with Crippen molar-refractivity contribution in [3.8, 4) is 0 Å². The van der Waals surface area contributed by atoms with E-state index in [1.807, 2.05) is 0 Å². The van der Waals surface area contributed by atoms with Crippen LogP contribution in [0.4, 0.5) is 15.8 Å². The van der Waals surface area contributed by atoms with Gasteiger partial charge in [0.25, 0.3) is 10.0 Å². The average molecular weight is 398 g/mol. The SMILES string of the molecule is CC1CS(=O)(=O)N(c2ccc(S(=O)(=O)Nc3ccc(F)cc3)cc2)C1=O. The molecular weight excluding hydrogens is 383 g/mol. The van der Waals surface area contributed by atoms with Gasteiger partial charge in [-0.15, -0.1) is 0 Å². The molecule has 2 aromatic rings. The third kappa shape index (κ3) is 3.42. The minimum Gasteiger partial charge on any atom is -0.280 e. The van der Waals surface area contributed by atoms with E-state index >= 15 is 0 Å². The Kier molecular flexibility index (Phi) is 4.49. The van der Waals surface area contributed by atoms with Gasteiger partial charge in [-0.2, -0.15) is 0 Å². The molecule has 138 valence electrons. The van der Waals surface area contributed by atoms with Crippen molar-refractivity contribution in [3.63, 3.8) is 0 Å². The molecule has 3 rings (SSSR count). The number of anilines is 2. The second-order valence-electron chi connectivity index (χ2n) is 5.89. The zero-order valence-corrected chi connectivity index (χ0v) is 15.2. The van der Waals surface area contributed by atoms with Gasteiger partial charge >= 0.3 is 0 Å². The summed E-state index contributed by atoms with van der Waals surface area (Å²) in [5.74, 6) is -1.98. The standard InChI is InChI=1S/C16H15FN2O5S2/c1-11-10-25(21,22)19(16(11)20)14-6-8-15(9-7-14)26(23,24)18-13-4-2-12(17)3-5-13/h2-9,11,18H,10H2,1H3. The largest absolute Gasteiger partial charge is 0.280 e. The van der Waals surface area contributed by atoms with Crippen LogP contribution in [0, 0.1) is 11.7 Å². The smallest absolute Gasteiger partial charge is 0.261 e. The van der Waals surface area contributed by atoms with Crippen LogP contribution in [0.1, 0.15) is 6.92 Å². The molecule has 0 aliphatic carbocycles. The summed E-state index contributed by atoms with van der Waals surface area (Å²) in [5, 5.41) is 0. The lowest BCUT2D eigenvalue weighted by atomic mass is 10.2. The highest BCUT2D eigenvalue weighted by Gasteiger charge is 2.41. The number of hydrogen-bond acceptors (Lipinski definition) is 5. The molecule has 0 bridgehead atoms. The molecule has 1 aliphatic heterocycles. The number of benzene rings is 2. The second-order valence-corrected chi connectivity index (χ2v) is 9.43. The van der Waals surface area contributed by atoms with Crippen molar-refractivity contribution in [3.05, 3.63) is 54.3 Å². The molecule has 26 heavy (non-hydrogen) atoms. The highest BCUT2D eigenvalue weighted by Crippen LogP contribution is 2.29. The first-order valence-electron chi connectivity index (χ1n) is 7.55. The molecule has 0 saturated carbocycles. The molecular formula is C16H15FN2O5S2. The van der Waals surface area contributed by atoms with Gasteiger partial charge < -0.3 is 0 Å². The molecule has 1 amide bonds. The van der Waals surface area contributed by atoms with Gasteiger partial charge in [-0.3, -0.25) is 9.52 Å². The zero-order chi connectivity index (χ0) is 19.1. The number of rotatable bonds is 4. The lowest BCUT2D eigenvalue weighted by Crippen LogP contribution is -2.30. The Balaban J connectivity index is 1.87.